The van der Waals surface area contributed by atoms with Crippen molar-refractivity contribution in [2.75, 3.05) is 0 Å². The molecule has 0 bridgehead atoms. The van der Waals surface area contributed by atoms with Crippen molar-refractivity contribution >= 4 is 23.3 Å². The first kappa shape index (κ1) is 19.1. The van der Waals surface area contributed by atoms with Crippen LogP contribution in [-0.4, -0.2) is 11.9 Å². The lowest BCUT2D eigenvalue weighted by Gasteiger charge is -2.17. The van der Waals surface area contributed by atoms with Crippen LogP contribution in [0.15, 0.2) is 58.5 Å². The Hall–Kier alpha value is -2.22. The molecule has 0 atom stereocenters. The van der Waals surface area contributed by atoms with E-state index in [0.29, 0.717) is 11.8 Å². The van der Waals surface area contributed by atoms with Crippen molar-refractivity contribution < 1.29 is 0 Å². The largest absolute Gasteiger partial charge is 0.261 e. The Bertz CT molecular complexity index is 699. The van der Waals surface area contributed by atoms with Crippen LogP contribution >= 0.6 is 0 Å². The van der Waals surface area contributed by atoms with Gasteiger partial charge in [0.1, 0.15) is 0 Å². The first-order chi connectivity index (χ1) is 12.0. The van der Waals surface area contributed by atoms with E-state index < -0.39 is 0 Å². The van der Waals surface area contributed by atoms with Gasteiger partial charge in [0.05, 0.1) is 11.4 Å². The molecule has 0 aliphatic rings. The minimum Gasteiger partial charge on any atom is -0.261 e. The summed E-state index contributed by atoms with van der Waals surface area (Å²) in [4.78, 5) is 9.50. The number of hydrogen-bond donors (Lipinski definition) is 0. The summed E-state index contributed by atoms with van der Waals surface area (Å²) in [6.45, 7) is 11.1. The van der Waals surface area contributed by atoms with Gasteiger partial charge in [0.15, 0.2) is 0 Å². The topological polar surface area (TPSA) is 24.7 Å². The van der Waals surface area contributed by atoms with Gasteiger partial charge in [-0.3, -0.25) is 9.98 Å². The number of nitrogens with zero attached hydrogens (tertiary/aromatic N) is 2. The van der Waals surface area contributed by atoms with Gasteiger partial charge in [-0.25, -0.2) is 0 Å². The number of hydrogen-bond acceptors (Lipinski definition) is 2. The fourth-order valence-electron chi connectivity index (χ4n) is 2.85. The highest BCUT2D eigenvalue weighted by Crippen LogP contribution is 2.35. The molecule has 0 fully saturated rings. The Morgan fingerprint density at radius 2 is 1.48 bits per heavy atom. The zero-order valence-electron chi connectivity index (χ0n) is 16.2. The fourth-order valence-corrected chi connectivity index (χ4v) is 2.85. The van der Waals surface area contributed by atoms with Gasteiger partial charge in [0.25, 0.3) is 0 Å². The highest BCUT2D eigenvalue weighted by Gasteiger charge is 2.13. The maximum atomic E-state index is 5.00. The molecule has 0 unspecified atom stereocenters. The Morgan fingerprint density at radius 3 is 2.04 bits per heavy atom. The Labute approximate surface area is 152 Å². The molecule has 0 saturated heterocycles. The van der Waals surface area contributed by atoms with E-state index >= 15 is 0 Å². The summed E-state index contributed by atoms with van der Waals surface area (Å²) in [5.74, 6) is 0.954. The Kier molecular flexibility index (Phi) is 7.12. The molecule has 0 aliphatic carbocycles. The first-order valence-electron chi connectivity index (χ1n) is 9.23. The van der Waals surface area contributed by atoms with Crippen LogP contribution in [0.2, 0.25) is 0 Å². The van der Waals surface area contributed by atoms with E-state index in [2.05, 4.69) is 57.8 Å². The van der Waals surface area contributed by atoms with E-state index in [4.69, 9.17) is 4.99 Å². The van der Waals surface area contributed by atoms with E-state index in [1.165, 1.54) is 16.8 Å². The molecule has 0 spiro atoms. The normalized spacial score (nSPS) is 12.5. The SMILES string of the molecule is CC(CCC=Nc1ccccc1)=Nc1c(C(C)C)cccc1C(C)C. The minimum atomic E-state index is 0.477. The smallest absolute Gasteiger partial charge is 0.0698 e. The summed E-state index contributed by atoms with van der Waals surface area (Å²) in [7, 11) is 0. The zero-order chi connectivity index (χ0) is 18.2. The Morgan fingerprint density at radius 1 is 0.880 bits per heavy atom. The molecule has 0 saturated carbocycles. The van der Waals surface area contributed by atoms with E-state index in [1.54, 1.807) is 0 Å². The van der Waals surface area contributed by atoms with Crippen molar-refractivity contribution in [3.63, 3.8) is 0 Å². The van der Waals surface area contributed by atoms with Gasteiger partial charge in [-0.05, 0) is 54.9 Å². The molecule has 2 aromatic carbocycles. The van der Waals surface area contributed by atoms with Gasteiger partial charge in [-0.1, -0.05) is 64.1 Å². The van der Waals surface area contributed by atoms with E-state index in [-0.39, 0.29) is 0 Å². The van der Waals surface area contributed by atoms with Crippen molar-refractivity contribution in [3.05, 3.63) is 59.7 Å². The van der Waals surface area contributed by atoms with Crippen LogP contribution < -0.4 is 0 Å². The highest BCUT2D eigenvalue weighted by atomic mass is 14.8. The van der Waals surface area contributed by atoms with Gasteiger partial charge in [-0.2, -0.15) is 0 Å². The van der Waals surface area contributed by atoms with Crippen LogP contribution in [0.5, 0.6) is 0 Å². The minimum absolute atomic E-state index is 0.477. The van der Waals surface area contributed by atoms with Crippen LogP contribution in [0.1, 0.15) is 70.4 Å². The second-order valence-electron chi connectivity index (χ2n) is 7.13. The lowest BCUT2D eigenvalue weighted by molar-refractivity contribution is 0.834. The summed E-state index contributed by atoms with van der Waals surface area (Å²) >= 11 is 0. The fraction of sp³-hybridized carbons (Fsp3) is 0.391. The highest BCUT2D eigenvalue weighted by molar-refractivity contribution is 5.87. The maximum Gasteiger partial charge on any atom is 0.0698 e. The van der Waals surface area contributed by atoms with Gasteiger partial charge >= 0.3 is 0 Å². The van der Waals surface area contributed by atoms with Crippen LogP contribution in [0.3, 0.4) is 0 Å². The number of aliphatic imine (C=N–C) groups is 2. The monoisotopic (exact) mass is 334 g/mol. The van der Waals surface area contributed by atoms with E-state index in [1.807, 2.05) is 36.5 Å². The Balaban J connectivity index is 2.12. The lowest BCUT2D eigenvalue weighted by Crippen LogP contribution is -1.98. The average molecular weight is 335 g/mol. The van der Waals surface area contributed by atoms with Crippen molar-refractivity contribution in [1.29, 1.82) is 0 Å². The third-order valence-corrected chi connectivity index (χ3v) is 4.28. The molecule has 25 heavy (non-hydrogen) atoms. The predicted molar refractivity (Wildman–Crippen MR) is 111 cm³/mol. The van der Waals surface area contributed by atoms with Crippen LogP contribution in [0, 0.1) is 0 Å². The zero-order valence-corrected chi connectivity index (χ0v) is 16.2. The third kappa shape index (κ3) is 5.67. The molecule has 2 aromatic rings. The molecule has 132 valence electrons. The summed E-state index contributed by atoms with van der Waals surface area (Å²) in [6.07, 6.45) is 3.83. The summed E-state index contributed by atoms with van der Waals surface area (Å²) in [6, 6.07) is 16.6. The average Bonchev–Trinajstić information content (AvgIpc) is 2.59. The van der Waals surface area contributed by atoms with Crippen LogP contribution in [0.25, 0.3) is 0 Å². The predicted octanol–water partition coefficient (Wildman–Crippen LogP) is 7.21. The standard InChI is InChI=1S/C23H30N2/c1-17(2)21-14-9-15-22(18(3)4)23(21)25-19(5)11-10-16-24-20-12-7-6-8-13-20/h6-9,12-18H,10-11H2,1-5H3. The van der Waals surface area contributed by atoms with Crippen molar-refractivity contribution in [3.8, 4) is 0 Å². The lowest BCUT2D eigenvalue weighted by atomic mass is 9.93. The maximum absolute atomic E-state index is 5.00. The molecule has 0 heterocycles. The van der Waals surface area contributed by atoms with Gasteiger partial charge in [-0.15, -0.1) is 0 Å². The molecular weight excluding hydrogens is 304 g/mol. The molecule has 0 radical (unpaired) electrons. The van der Waals surface area contributed by atoms with Crippen molar-refractivity contribution in [1.82, 2.24) is 0 Å². The van der Waals surface area contributed by atoms with Crippen LogP contribution in [-0.2, 0) is 0 Å². The van der Waals surface area contributed by atoms with Gasteiger partial charge < -0.3 is 0 Å². The molecule has 2 nitrogen and oxygen atoms in total. The van der Waals surface area contributed by atoms with Crippen molar-refractivity contribution in [2.45, 2.75) is 59.3 Å². The summed E-state index contributed by atoms with van der Waals surface area (Å²) < 4.78 is 0. The molecular formula is C23H30N2. The van der Waals surface area contributed by atoms with Crippen LogP contribution in [0.4, 0.5) is 11.4 Å². The third-order valence-electron chi connectivity index (χ3n) is 4.28. The molecule has 0 amide bonds. The number of benzene rings is 2. The van der Waals surface area contributed by atoms with Crippen molar-refractivity contribution in [2.24, 2.45) is 9.98 Å². The van der Waals surface area contributed by atoms with Gasteiger partial charge in [0, 0.05) is 11.9 Å². The number of para-hydroxylation sites is 2. The van der Waals surface area contributed by atoms with Gasteiger partial charge in [0.2, 0.25) is 0 Å². The molecule has 2 rings (SSSR count). The van der Waals surface area contributed by atoms with E-state index in [0.717, 1.165) is 24.2 Å². The summed E-state index contributed by atoms with van der Waals surface area (Å²) in [5, 5.41) is 0. The second-order valence-corrected chi connectivity index (χ2v) is 7.13. The molecule has 0 aromatic heterocycles. The van der Waals surface area contributed by atoms with E-state index in [9.17, 15) is 0 Å². The summed E-state index contributed by atoms with van der Waals surface area (Å²) in [5.41, 5.74) is 6.01. The second kappa shape index (κ2) is 9.31. The number of rotatable bonds is 7. The first-order valence-corrected chi connectivity index (χ1v) is 9.23. The molecule has 2 heteroatoms. The molecule has 0 N–H and O–H groups in total. The quantitative estimate of drug-likeness (QED) is 0.478. The molecule has 0 aliphatic heterocycles.